The van der Waals surface area contributed by atoms with E-state index in [9.17, 15) is 9.18 Å². The average molecular weight is 212 g/mol. The lowest BCUT2D eigenvalue weighted by atomic mass is 10.1. The molecule has 15 heavy (non-hydrogen) atoms. The van der Waals surface area contributed by atoms with Gasteiger partial charge in [-0.3, -0.25) is 4.79 Å². The van der Waals surface area contributed by atoms with Crippen LogP contribution in [-0.4, -0.2) is 18.2 Å². The number of hydrogen-bond acceptors (Lipinski definition) is 2. The minimum absolute atomic E-state index is 0.0536. The SMILES string of the molecule is COCc1cc(CCC(=O)O)ccc1F. The van der Waals surface area contributed by atoms with Gasteiger partial charge in [-0.25, -0.2) is 4.39 Å². The number of aryl methyl sites for hydroxylation is 1. The summed E-state index contributed by atoms with van der Waals surface area (Å²) >= 11 is 0. The molecule has 0 bridgehead atoms. The van der Waals surface area contributed by atoms with Crippen molar-refractivity contribution in [1.82, 2.24) is 0 Å². The van der Waals surface area contributed by atoms with Gasteiger partial charge in [-0.05, 0) is 18.1 Å². The van der Waals surface area contributed by atoms with Gasteiger partial charge in [0.15, 0.2) is 0 Å². The van der Waals surface area contributed by atoms with Crippen molar-refractivity contribution < 1.29 is 19.0 Å². The van der Waals surface area contributed by atoms with E-state index < -0.39 is 5.97 Å². The van der Waals surface area contributed by atoms with Gasteiger partial charge in [-0.2, -0.15) is 0 Å². The van der Waals surface area contributed by atoms with Crippen LogP contribution in [0, 0.1) is 5.82 Å². The Labute approximate surface area is 87.5 Å². The Bertz CT molecular complexity index is 350. The average Bonchev–Trinajstić information content (AvgIpc) is 2.19. The summed E-state index contributed by atoms with van der Waals surface area (Å²) in [6.45, 7) is 0.201. The summed E-state index contributed by atoms with van der Waals surface area (Å²) in [5, 5.41) is 8.50. The maximum atomic E-state index is 13.2. The van der Waals surface area contributed by atoms with E-state index in [0.29, 0.717) is 12.0 Å². The number of carboxylic acid groups (broad SMARTS) is 1. The number of carbonyl (C=O) groups is 1. The van der Waals surface area contributed by atoms with E-state index in [-0.39, 0.29) is 18.8 Å². The highest BCUT2D eigenvalue weighted by molar-refractivity contribution is 5.67. The van der Waals surface area contributed by atoms with Gasteiger partial charge in [-0.1, -0.05) is 12.1 Å². The number of carboxylic acids is 1. The van der Waals surface area contributed by atoms with Crippen LogP contribution in [0.4, 0.5) is 4.39 Å². The zero-order valence-corrected chi connectivity index (χ0v) is 8.50. The van der Waals surface area contributed by atoms with Crippen LogP contribution in [0.15, 0.2) is 18.2 Å². The Hall–Kier alpha value is -1.42. The Morgan fingerprint density at radius 3 is 2.87 bits per heavy atom. The summed E-state index contributed by atoms with van der Waals surface area (Å²) in [6.07, 6.45) is 0.463. The third kappa shape index (κ3) is 3.67. The second-order valence-corrected chi connectivity index (χ2v) is 3.25. The molecular weight excluding hydrogens is 199 g/mol. The molecule has 0 aliphatic carbocycles. The minimum atomic E-state index is -0.854. The van der Waals surface area contributed by atoms with Crippen molar-refractivity contribution in [1.29, 1.82) is 0 Å². The first-order valence-electron chi connectivity index (χ1n) is 4.61. The predicted octanol–water partition coefficient (Wildman–Crippen LogP) is 1.99. The second-order valence-electron chi connectivity index (χ2n) is 3.25. The van der Waals surface area contributed by atoms with Gasteiger partial charge in [-0.15, -0.1) is 0 Å². The fourth-order valence-electron chi connectivity index (χ4n) is 1.30. The summed E-state index contributed by atoms with van der Waals surface area (Å²) in [4.78, 5) is 10.4. The molecule has 0 heterocycles. The van der Waals surface area contributed by atoms with Gasteiger partial charge in [0.05, 0.1) is 6.61 Å². The minimum Gasteiger partial charge on any atom is -0.481 e. The lowest BCUT2D eigenvalue weighted by Gasteiger charge is -2.05. The molecule has 0 spiro atoms. The van der Waals surface area contributed by atoms with E-state index >= 15 is 0 Å². The van der Waals surface area contributed by atoms with E-state index in [2.05, 4.69) is 0 Å². The third-order valence-corrected chi connectivity index (χ3v) is 2.04. The molecule has 3 nitrogen and oxygen atoms in total. The standard InChI is InChI=1S/C11H13FO3/c1-15-7-9-6-8(2-4-10(9)12)3-5-11(13)14/h2,4,6H,3,5,7H2,1H3,(H,13,14). The van der Waals surface area contributed by atoms with Gasteiger partial charge in [0, 0.05) is 19.1 Å². The van der Waals surface area contributed by atoms with Crippen molar-refractivity contribution in [2.75, 3.05) is 7.11 Å². The molecule has 0 aromatic heterocycles. The normalized spacial score (nSPS) is 10.3. The molecule has 0 fully saturated rings. The first-order chi connectivity index (χ1) is 7.13. The molecule has 0 aliphatic heterocycles. The van der Waals surface area contributed by atoms with Crippen LogP contribution in [0.2, 0.25) is 0 Å². The molecule has 82 valence electrons. The van der Waals surface area contributed by atoms with E-state index in [1.807, 2.05) is 0 Å². The zero-order chi connectivity index (χ0) is 11.3. The molecule has 1 N–H and O–H groups in total. The Kier molecular flexibility index (Phi) is 4.24. The number of benzene rings is 1. The largest absolute Gasteiger partial charge is 0.481 e. The van der Waals surface area contributed by atoms with Crippen LogP contribution in [0.5, 0.6) is 0 Å². The van der Waals surface area contributed by atoms with E-state index in [1.54, 1.807) is 12.1 Å². The Morgan fingerprint density at radius 2 is 2.27 bits per heavy atom. The molecular formula is C11H13FO3. The molecule has 0 aliphatic rings. The number of rotatable bonds is 5. The summed E-state index contributed by atoms with van der Waals surface area (Å²) in [5.74, 6) is -1.18. The molecule has 4 heteroatoms. The van der Waals surface area contributed by atoms with Crippen molar-refractivity contribution in [3.05, 3.63) is 35.1 Å². The van der Waals surface area contributed by atoms with Crippen LogP contribution in [-0.2, 0) is 22.6 Å². The highest BCUT2D eigenvalue weighted by Crippen LogP contribution is 2.13. The van der Waals surface area contributed by atoms with Crippen molar-refractivity contribution in [2.24, 2.45) is 0 Å². The molecule has 1 rings (SSSR count). The Morgan fingerprint density at radius 1 is 1.53 bits per heavy atom. The van der Waals surface area contributed by atoms with E-state index in [0.717, 1.165) is 5.56 Å². The smallest absolute Gasteiger partial charge is 0.303 e. The van der Waals surface area contributed by atoms with Crippen LogP contribution >= 0.6 is 0 Å². The fraction of sp³-hybridized carbons (Fsp3) is 0.364. The number of halogens is 1. The monoisotopic (exact) mass is 212 g/mol. The van der Waals surface area contributed by atoms with E-state index in [1.165, 1.54) is 13.2 Å². The van der Waals surface area contributed by atoms with Crippen LogP contribution in [0.1, 0.15) is 17.5 Å². The third-order valence-electron chi connectivity index (χ3n) is 2.04. The van der Waals surface area contributed by atoms with Gasteiger partial charge in [0.1, 0.15) is 5.82 Å². The fourth-order valence-corrected chi connectivity index (χ4v) is 1.30. The summed E-state index contributed by atoms with van der Waals surface area (Å²) in [5.41, 5.74) is 1.27. The van der Waals surface area contributed by atoms with Crippen molar-refractivity contribution >= 4 is 5.97 Å². The zero-order valence-electron chi connectivity index (χ0n) is 8.50. The van der Waals surface area contributed by atoms with Gasteiger partial charge >= 0.3 is 5.97 Å². The Balaban J connectivity index is 2.73. The molecule has 1 aromatic rings. The number of aliphatic carboxylic acids is 1. The van der Waals surface area contributed by atoms with Crippen molar-refractivity contribution in [3.63, 3.8) is 0 Å². The molecule has 0 amide bonds. The number of methoxy groups -OCH3 is 1. The highest BCUT2D eigenvalue weighted by atomic mass is 19.1. The van der Waals surface area contributed by atoms with Gasteiger partial charge in [0.2, 0.25) is 0 Å². The predicted molar refractivity (Wildman–Crippen MR) is 53.1 cm³/mol. The summed E-state index contributed by atoms with van der Waals surface area (Å²) < 4.78 is 18.0. The summed E-state index contributed by atoms with van der Waals surface area (Å²) in [7, 11) is 1.49. The molecule has 0 saturated heterocycles. The molecule has 0 unspecified atom stereocenters. The van der Waals surface area contributed by atoms with Crippen LogP contribution in [0.25, 0.3) is 0 Å². The first kappa shape index (κ1) is 11.7. The molecule has 0 saturated carbocycles. The van der Waals surface area contributed by atoms with Gasteiger partial charge in [0.25, 0.3) is 0 Å². The first-order valence-corrected chi connectivity index (χ1v) is 4.61. The lowest BCUT2D eigenvalue weighted by Crippen LogP contribution is -1.99. The number of hydrogen-bond donors (Lipinski definition) is 1. The van der Waals surface area contributed by atoms with Crippen molar-refractivity contribution in [2.45, 2.75) is 19.4 Å². The second kappa shape index (κ2) is 5.46. The molecule has 0 atom stereocenters. The van der Waals surface area contributed by atoms with Gasteiger partial charge < -0.3 is 9.84 Å². The van der Waals surface area contributed by atoms with Crippen LogP contribution in [0.3, 0.4) is 0 Å². The maximum Gasteiger partial charge on any atom is 0.303 e. The highest BCUT2D eigenvalue weighted by Gasteiger charge is 2.04. The lowest BCUT2D eigenvalue weighted by molar-refractivity contribution is -0.136. The van der Waals surface area contributed by atoms with Crippen molar-refractivity contribution in [3.8, 4) is 0 Å². The molecule has 1 aromatic carbocycles. The van der Waals surface area contributed by atoms with E-state index in [4.69, 9.17) is 9.84 Å². The quantitative estimate of drug-likeness (QED) is 0.811. The maximum absolute atomic E-state index is 13.2. The molecule has 0 radical (unpaired) electrons. The number of ether oxygens (including phenoxy) is 1. The summed E-state index contributed by atoms with van der Waals surface area (Å²) in [6, 6.07) is 4.57. The topological polar surface area (TPSA) is 46.5 Å². The van der Waals surface area contributed by atoms with Crippen LogP contribution < -0.4 is 0 Å².